The first kappa shape index (κ1) is 10.5. The van der Waals surface area contributed by atoms with E-state index in [9.17, 15) is 4.79 Å². The summed E-state index contributed by atoms with van der Waals surface area (Å²) in [7, 11) is 0. The number of carbonyl (C=O) groups excluding carboxylic acids is 1. The number of benzene rings is 1. The first-order chi connectivity index (χ1) is 7.50. The average Bonchev–Trinajstić information content (AvgIpc) is 2.62. The molecule has 2 aromatic rings. The predicted molar refractivity (Wildman–Crippen MR) is 59.9 cm³/mol. The molecule has 4 nitrogen and oxygen atoms in total. The topological polar surface area (TPSA) is 65.5 Å². The number of primary amides is 1. The summed E-state index contributed by atoms with van der Waals surface area (Å²) in [5, 5.41) is 0.971. The predicted octanol–water partition coefficient (Wildman–Crippen LogP) is 2.76. The van der Waals surface area contributed by atoms with Crippen LogP contribution in [0.2, 0.25) is 0 Å². The van der Waals surface area contributed by atoms with Gasteiger partial charge < -0.3 is 14.9 Å². The minimum atomic E-state index is -0.802. The summed E-state index contributed by atoms with van der Waals surface area (Å²) in [5.41, 5.74) is 5.76. The van der Waals surface area contributed by atoms with Crippen LogP contribution in [-0.2, 0) is 10.3 Å². The van der Waals surface area contributed by atoms with Gasteiger partial charge in [0.25, 0.3) is 0 Å². The Kier molecular flexibility index (Phi) is 2.34. The number of amides is 1. The van der Waals surface area contributed by atoms with Crippen LogP contribution in [0.15, 0.2) is 34.9 Å². The normalized spacial score (nSPS) is 11.6. The Morgan fingerprint density at radius 1 is 1.38 bits per heavy atom. The molecule has 0 spiro atoms. The van der Waals surface area contributed by atoms with Crippen LogP contribution in [0.4, 0.5) is 4.79 Å². The lowest BCUT2D eigenvalue weighted by Crippen LogP contribution is -2.28. The van der Waals surface area contributed by atoms with Gasteiger partial charge in [0.2, 0.25) is 0 Å². The van der Waals surface area contributed by atoms with E-state index in [1.165, 1.54) is 0 Å². The number of rotatable bonds is 2. The fourth-order valence-electron chi connectivity index (χ4n) is 1.77. The van der Waals surface area contributed by atoms with E-state index < -0.39 is 11.7 Å². The van der Waals surface area contributed by atoms with Crippen molar-refractivity contribution in [2.24, 2.45) is 5.73 Å². The maximum absolute atomic E-state index is 10.8. The van der Waals surface area contributed by atoms with Gasteiger partial charge in [0.1, 0.15) is 11.2 Å². The SMILES string of the molecule is CC(C)(OC(N)=O)c1cccc2ccoc12. The van der Waals surface area contributed by atoms with Crippen molar-refractivity contribution >= 4 is 17.1 Å². The smallest absolute Gasteiger partial charge is 0.405 e. The van der Waals surface area contributed by atoms with E-state index in [0.717, 1.165) is 10.9 Å². The second kappa shape index (κ2) is 3.56. The molecule has 84 valence electrons. The van der Waals surface area contributed by atoms with Crippen molar-refractivity contribution in [1.82, 2.24) is 0 Å². The van der Waals surface area contributed by atoms with Gasteiger partial charge in [0.05, 0.1) is 6.26 Å². The Hall–Kier alpha value is -1.97. The number of fused-ring (bicyclic) bond motifs is 1. The van der Waals surface area contributed by atoms with E-state index in [4.69, 9.17) is 14.9 Å². The number of furan rings is 1. The molecule has 1 amide bonds. The molecule has 0 fully saturated rings. The molecular formula is C12H13NO3. The second-order valence-electron chi connectivity index (χ2n) is 4.08. The monoisotopic (exact) mass is 219 g/mol. The van der Waals surface area contributed by atoms with Crippen LogP contribution in [0.5, 0.6) is 0 Å². The molecule has 0 saturated carbocycles. The highest BCUT2D eigenvalue weighted by Gasteiger charge is 2.27. The van der Waals surface area contributed by atoms with Gasteiger partial charge >= 0.3 is 6.09 Å². The summed E-state index contributed by atoms with van der Waals surface area (Å²) >= 11 is 0. The van der Waals surface area contributed by atoms with Gasteiger partial charge in [-0.05, 0) is 19.9 Å². The van der Waals surface area contributed by atoms with Gasteiger partial charge in [0.15, 0.2) is 0 Å². The number of para-hydroxylation sites is 1. The van der Waals surface area contributed by atoms with Crippen molar-refractivity contribution in [2.75, 3.05) is 0 Å². The van der Waals surface area contributed by atoms with Crippen LogP contribution in [0.3, 0.4) is 0 Å². The molecule has 1 aromatic heterocycles. The zero-order chi connectivity index (χ0) is 11.8. The van der Waals surface area contributed by atoms with E-state index in [0.29, 0.717) is 5.58 Å². The molecule has 0 aliphatic heterocycles. The number of ether oxygens (including phenoxy) is 1. The van der Waals surface area contributed by atoms with Crippen molar-refractivity contribution < 1.29 is 13.9 Å². The van der Waals surface area contributed by atoms with Gasteiger partial charge in [-0.15, -0.1) is 0 Å². The Morgan fingerprint density at radius 3 is 2.81 bits per heavy atom. The van der Waals surface area contributed by atoms with E-state index in [-0.39, 0.29) is 0 Å². The van der Waals surface area contributed by atoms with Crippen molar-refractivity contribution in [1.29, 1.82) is 0 Å². The molecule has 0 saturated heterocycles. The van der Waals surface area contributed by atoms with Crippen LogP contribution >= 0.6 is 0 Å². The molecular weight excluding hydrogens is 206 g/mol. The quantitative estimate of drug-likeness (QED) is 0.844. The highest BCUT2D eigenvalue weighted by Crippen LogP contribution is 2.31. The summed E-state index contributed by atoms with van der Waals surface area (Å²) in [6, 6.07) is 7.54. The Balaban J connectivity index is 2.53. The summed E-state index contributed by atoms with van der Waals surface area (Å²) < 4.78 is 10.5. The fourth-order valence-corrected chi connectivity index (χ4v) is 1.77. The van der Waals surface area contributed by atoms with Crippen LogP contribution in [0.25, 0.3) is 11.0 Å². The fraction of sp³-hybridized carbons (Fsp3) is 0.250. The van der Waals surface area contributed by atoms with E-state index in [1.807, 2.05) is 24.3 Å². The summed E-state index contributed by atoms with van der Waals surface area (Å²) in [6.07, 6.45) is 0.808. The largest absolute Gasteiger partial charge is 0.464 e. The van der Waals surface area contributed by atoms with Crippen molar-refractivity contribution in [3.63, 3.8) is 0 Å². The van der Waals surface area contributed by atoms with Gasteiger partial charge in [-0.3, -0.25) is 0 Å². The van der Waals surface area contributed by atoms with Crippen LogP contribution in [0, 0.1) is 0 Å². The number of hydrogen-bond donors (Lipinski definition) is 1. The Labute approximate surface area is 93.0 Å². The third-order valence-electron chi connectivity index (χ3n) is 2.48. The lowest BCUT2D eigenvalue weighted by atomic mass is 9.96. The lowest BCUT2D eigenvalue weighted by Gasteiger charge is -2.24. The molecule has 2 N–H and O–H groups in total. The van der Waals surface area contributed by atoms with Crippen molar-refractivity contribution in [3.05, 3.63) is 36.1 Å². The molecule has 16 heavy (non-hydrogen) atoms. The van der Waals surface area contributed by atoms with E-state index in [1.54, 1.807) is 20.1 Å². The zero-order valence-electron chi connectivity index (χ0n) is 9.19. The number of carbonyl (C=O) groups is 1. The van der Waals surface area contributed by atoms with Crippen molar-refractivity contribution in [2.45, 2.75) is 19.4 Å². The standard InChI is InChI=1S/C12H13NO3/c1-12(2,16-11(13)14)9-5-3-4-8-6-7-15-10(8)9/h3-7H,1-2H3,(H2,13,14). The summed E-state index contributed by atoms with van der Waals surface area (Å²) in [4.78, 5) is 10.8. The third kappa shape index (κ3) is 1.74. The van der Waals surface area contributed by atoms with E-state index >= 15 is 0 Å². The molecule has 0 bridgehead atoms. The highest BCUT2D eigenvalue weighted by atomic mass is 16.6. The third-order valence-corrected chi connectivity index (χ3v) is 2.48. The van der Waals surface area contributed by atoms with Gasteiger partial charge in [-0.1, -0.05) is 18.2 Å². The molecule has 4 heteroatoms. The maximum atomic E-state index is 10.8. The molecule has 1 heterocycles. The molecule has 2 rings (SSSR count). The van der Waals surface area contributed by atoms with Crippen molar-refractivity contribution in [3.8, 4) is 0 Å². The van der Waals surface area contributed by atoms with Gasteiger partial charge in [-0.2, -0.15) is 0 Å². The number of nitrogens with two attached hydrogens (primary N) is 1. The molecule has 0 aliphatic carbocycles. The Bertz CT molecular complexity index is 528. The molecule has 0 radical (unpaired) electrons. The van der Waals surface area contributed by atoms with Crippen LogP contribution < -0.4 is 5.73 Å². The maximum Gasteiger partial charge on any atom is 0.405 e. The molecule has 0 atom stereocenters. The van der Waals surface area contributed by atoms with Crippen LogP contribution in [0.1, 0.15) is 19.4 Å². The molecule has 0 unspecified atom stereocenters. The minimum absolute atomic E-state index is 0.716. The average molecular weight is 219 g/mol. The highest BCUT2D eigenvalue weighted by molar-refractivity contribution is 5.81. The first-order valence-corrected chi connectivity index (χ1v) is 4.96. The van der Waals surface area contributed by atoms with Crippen LogP contribution in [-0.4, -0.2) is 6.09 Å². The first-order valence-electron chi connectivity index (χ1n) is 4.96. The summed E-state index contributed by atoms with van der Waals surface area (Å²) in [6.45, 7) is 3.55. The minimum Gasteiger partial charge on any atom is -0.464 e. The second-order valence-corrected chi connectivity index (χ2v) is 4.08. The Morgan fingerprint density at radius 2 is 2.12 bits per heavy atom. The van der Waals surface area contributed by atoms with Gasteiger partial charge in [0, 0.05) is 10.9 Å². The number of hydrogen-bond acceptors (Lipinski definition) is 3. The molecule has 0 aliphatic rings. The lowest BCUT2D eigenvalue weighted by molar-refractivity contribution is 0.0437. The molecule has 1 aromatic carbocycles. The summed E-state index contributed by atoms with van der Waals surface area (Å²) in [5.74, 6) is 0. The van der Waals surface area contributed by atoms with Gasteiger partial charge in [-0.25, -0.2) is 4.79 Å². The van der Waals surface area contributed by atoms with E-state index in [2.05, 4.69) is 0 Å². The zero-order valence-corrected chi connectivity index (χ0v) is 9.19.